The van der Waals surface area contributed by atoms with Gasteiger partial charge in [-0.25, -0.2) is 17.2 Å². The van der Waals surface area contributed by atoms with Crippen molar-refractivity contribution in [1.29, 1.82) is 0 Å². The molecule has 0 fully saturated rings. The Morgan fingerprint density at radius 3 is 2.43 bits per heavy atom. The van der Waals surface area contributed by atoms with Crippen molar-refractivity contribution >= 4 is 21.3 Å². The smallest absolute Gasteiger partial charge is 0.421 e. The fourth-order valence-electron chi connectivity index (χ4n) is 4.15. The normalized spacial score (nSPS) is 17.8. The third-order valence-electron chi connectivity index (χ3n) is 6.15. The van der Waals surface area contributed by atoms with Crippen LogP contribution in [-0.4, -0.2) is 42.6 Å². The third-order valence-corrected chi connectivity index (χ3v) is 8.03. The lowest BCUT2D eigenvalue weighted by atomic mass is 9.88. The average Bonchev–Trinajstić information content (AvgIpc) is 3.31. The Kier molecular flexibility index (Phi) is 6.88. The molecule has 1 N–H and O–H groups in total. The number of sulfonamides is 1. The lowest BCUT2D eigenvalue weighted by Gasteiger charge is -2.38. The molecule has 1 aliphatic heterocycles. The number of hydrogen-bond acceptors (Lipinski definition) is 6. The number of rotatable bonds is 7. The van der Waals surface area contributed by atoms with Crippen molar-refractivity contribution in [1.82, 2.24) is 10.2 Å². The number of halogens is 5. The first-order valence-corrected chi connectivity index (χ1v) is 12.5. The minimum Gasteiger partial charge on any atom is -0.421 e. The number of anilines is 1. The molecule has 0 saturated carbocycles. The first kappa shape index (κ1) is 26.7. The molecule has 1 unspecified atom stereocenters. The number of fused-ring (bicyclic) bond motifs is 1. The van der Waals surface area contributed by atoms with Gasteiger partial charge in [0, 0.05) is 12.0 Å². The van der Waals surface area contributed by atoms with Gasteiger partial charge in [-0.3, -0.25) is 4.31 Å². The fourth-order valence-corrected chi connectivity index (χ4v) is 5.87. The number of hydrogen-bond donors (Lipinski definition) is 1. The highest BCUT2D eigenvalue weighted by Crippen LogP contribution is 2.43. The minimum atomic E-state index is -5.30. The first-order chi connectivity index (χ1) is 17.3. The fraction of sp³-hybridized carbons (Fsp3) is 0.333. The molecule has 0 saturated heterocycles. The number of allylic oxidation sites excluding steroid dienone is 1. The SMILES string of the molecule is C=C(C)c1nnc(C[C@@H]2CCc3cc(C(O)(CF)C(F)(F)F)ccc3N2S(=O)(=O)c2ccc(F)cc2)o1. The molecule has 37 heavy (non-hydrogen) atoms. The lowest BCUT2D eigenvalue weighted by molar-refractivity contribution is -0.271. The lowest BCUT2D eigenvalue weighted by Crippen LogP contribution is -2.46. The van der Waals surface area contributed by atoms with Crippen LogP contribution in [0.2, 0.25) is 0 Å². The second kappa shape index (κ2) is 9.53. The number of aryl methyl sites for hydroxylation is 1. The molecular formula is C24H22F5N3O4S. The standard InChI is InChI=1S/C24H22F5N3O4S/c1-14(2)22-31-30-21(36-22)12-18-7-3-15-11-16(23(33,13-25)24(27,28)29)4-10-20(15)32(18)37(34,35)19-8-5-17(26)6-9-19/h4-6,8-11,18,33H,1,3,7,12-13H2,2H3/t18-,23?/m0/s1. The van der Waals surface area contributed by atoms with Crippen molar-refractivity contribution in [3.63, 3.8) is 0 Å². The summed E-state index contributed by atoms with van der Waals surface area (Å²) in [6, 6.07) is 6.18. The van der Waals surface area contributed by atoms with Crippen LogP contribution in [0.1, 0.15) is 36.3 Å². The zero-order valence-electron chi connectivity index (χ0n) is 19.5. The van der Waals surface area contributed by atoms with Crippen molar-refractivity contribution in [3.05, 3.63) is 77.8 Å². The summed E-state index contributed by atoms with van der Waals surface area (Å²) in [6.45, 7) is 3.24. The second-order valence-corrected chi connectivity index (χ2v) is 10.6. The zero-order valence-corrected chi connectivity index (χ0v) is 20.3. The van der Waals surface area contributed by atoms with Gasteiger partial charge in [0.15, 0.2) is 0 Å². The number of benzene rings is 2. The second-order valence-electron chi connectivity index (χ2n) is 8.77. The van der Waals surface area contributed by atoms with Crippen LogP contribution in [0.4, 0.5) is 27.6 Å². The van der Waals surface area contributed by atoms with Gasteiger partial charge in [-0.05, 0) is 61.2 Å². The topological polar surface area (TPSA) is 96.5 Å². The summed E-state index contributed by atoms with van der Waals surface area (Å²) in [4.78, 5) is -0.250. The van der Waals surface area contributed by atoms with Crippen LogP contribution in [-0.2, 0) is 28.5 Å². The maximum absolute atomic E-state index is 13.7. The molecule has 0 aliphatic carbocycles. The van der Waals surface area contributed by atoms with E-state index in [4.69, 9.17) is 4.42 Å². The molecule has 2 atom stereocenters. The highest BCUT2D eigenvalue weighted by Gasteiger charge is 2.55. The molecule has 0 radical (unpaired) electrons. The molecule has 1 aliphatic rings. The molecule has 1 aromatic heterocycles. The Labute approximate surface area is 209 Å². The molecule has 2 heterocycles. The van der Waals surface area contributed by atoms with E-state index in [1.807, 2.05) is 0 Å². The van der Waals surface area contributed by atoms with E-state index < -0.39 is 45.9 Å². The van der Waals surface area contributed by atoms with Crippen molar-refractivity contribution in [2.75, 3.05) is 11.0 Å². The van der Waals surface area contributed by atoms with E-state index in [1.54, 1.807) is 6.92 Å². The molecular weight excluding hydrogens is 521 g/mol. The first-order valence-electron chi connectivity index (χ1n) is 11.0. The van der Waals surface area contributed by atoms with Crippen molar-refractivity contribution in [2.24, 2.45) is 0 Å². The Hall–Kier alpha value is -3.32. The van der Waals surface area contributed by atoms with Crippen molar-refractivity contribution in [2.45, 2.75) is 48.9 Å². The summed E-state index contributed by atoms with van der Waals surface area (Å²) in [7, 11) is -4.35. The van der Waals surface area contributed by atoms with Crippen LogP contribution in [0.25, 0.3) is 5.57 Å². The van der Waals surface area contributed by atoms with E-state index >= 15 is 0 Å². The zero-order chi connectivity index (χ0) is 27.2. The number of aliphatic hydroxyl groups is 1. The van der Waals surface area contributed by atoms with Crippen molar-refractivity contribution in [3.8, 4) is 0 Å². The summed E-state index contributed by atoms with van der Waals surface area (Å²) in [5, 5.41) is 17.8. The van der Waals surface area contributed by atoms with Gasteiger partial charge < -0.3 is 9.52 Å². The summed E-state index contributed by atoms with van der Waals surface area (Å²) in [5.41, 5.74) is -3.80. The van der Waals surface area contributed by atoms with E-state index in [2.05, 4.69) is 16.8 Å². The third kappa shape index (κ3) is 4.85. The van der Waals surface area contributed by atoms with E-state index in [9.17, 15) is 35.5 Å². The molecule has 0 spiro atoms. The summed E-state index contributed by atoms with van der Waals surface area (Å²) >= 11 is 0. The Bertz CT molecular complexity index is 1420. The predicted molar refractivity (Wildman–Crippen MR) is 123 cm³/mol. The summed E-state index contributed by atoms with van der Waals surface area (Å²) < 4.78 is 101. The van der Waals surface area contributed by atoms with E-state index in [-0.39, 0.29) is 47.2 Å². The van der Waals surface area contributed by atoms with Crippen LogP contribution in [0, 0.1) is 5.82 Å². The van der Waals surface area contributed by atoms with Crippen LogP contribution in [0.5, 0.6) is 0 Å². The molecule has 0 bridgehead atoms. The quantitative estimate of drug-likeness (QED) is 0.434. The van der Waals surface area contributed by atoms with E-state index in [1.165, 1.54) is 0 Å². The van der Waals surface area contributed by atoms with Crippen LogP contribution >= 0.6 is 0 Å². The van der Waals surface area contributed by atoms with Gasteiger partial charge in [0.05, 0.1) is 16.6 Å². The van der Waals surface area contributed by atoms with Gasteiger partial charge in [0.2, 0.25) is 17.4 Å². The Morgan fingerprint density at radius 2 is 1.86 bits per heavy atom. The maximum Gasteiger partial charge on any atom is 0.424 e. The molecule has 0 amide bonds. The van der Waals surface area contributed by atoms with Gasteiger partial charge in [-0.15, -0.1) is 10.2 Å². The summed E-state index contributed by atoms with van der Waals surface area (Å²) in [6.07, 6.45) is -5.09. The van der Waals surface area contributed by atoms with Gasteiger partial charge >= 0.3 is 6.18 Å². The number of alkyl halides is 4. The van der Waals surface area contributed by atoms with Crippen molar-refractivity contribution < 1.29 is 39.9 Å². The minimum absolute atomic E-state index is 0.0289. The van der Waals surface area contributed by atoms with E-state index in [0.717, 1.165) is 46.8 Å². The highest BCUT2D eigenvalue weighted by atomic mass is 32.2. The predicted octanol–water partition coefficient (Wildman–Crippen LogP) is 4.71. The van der Waals surface area contributed by atoms with Crippen LogP contribution in [0.15, 0.2) is 58.4 Å². The van der Waals surface area contributed by atoms with Gasteiger partial charge in [-0.2, -0.15) is 13.2 Å². The molecule has 7 nitrogen and oxygen atoms in total. The van der Waals surface area contributed by atoms with Crippen LogP contribution in [0.3, 0.4) is 0 Å². The van der Waals surface area contributed by atoms with E-state index in [0.29, 0.717) is 5.57 Å². The average molecular weight is 544 g/mol. The van der Waals surface area contributed by atoms with Gasteiger partial charge in [-0.1, -0.05) is 18.7 Å². The highest BCUT2D eigenvalue weighted by molar-refractivity contribution is 7.92. The number of nitrogens with zero attached hydrogens (tertiary/aromatic N) is 3. The molecule has 3 aromatic rings. The van der Waals surface area contributed by atoms with Gasteiger partial charge in [0.25, 0.3) is 10.0 Å². The molecule has 2 aromatic carbocycles. The van der Waals surface area contributed by atoms with Gasteiger partial charge in [0.1, 0.15) is 12.5 Å². The molecule has 198 valence electrons. The molecule has 13 heteroatoms. The Balaban J connectivity index is 1.82. The van der Waals surface area contributed by atoms with Crippen LogP contribution < -0.4 is 4.31 Å². The monoisotopic (exact) mass is 543 g/mol. The largest absolute Gasteiger partial charge is 0.424 e. The number of aromatic nitrogens is 2. The molecule has 4 rings (SSSR count). The Morgan fingerprint density at radius 1 is 1.19 bits per heavy atom. The summed E-state index contributed by atoms with van der Waals surface area (Å²) in [5.74, 6) is -0.372. The maximum atomic E-state index is 13.7.